The molecule has 19 heavy (non-hydrogen) atoms. The Morgan fingerprint density at radius 1 is 1.37 bits per heavy atom. The molecule has 0 saturated carbocycles. The molecule has 0 fully saturated rings. The summed E-state index contributed by atoms with van der Waals surface area (Å²) in [5.41, 5.74) is 7.94. The van der Waals surface area contributed by atoms with Crippen molar-refractivity contribution in [2.45, 2.75) is 32.9 Å². The molecule has 2 aromatic rings. The van der Waals surface area contributed by atoms with Crippen LogP contribution < -0.4 is 10.6 Å². The van der Waals surface area contributed by atoms with E-state index in [4.69, 9.17) is 15.1 Å². The first-order valence-electron chi connectivity index (χ1n) is 6.54. The van der Waals surface area contributed by atoms with Crippen LogP contribution in [0.1, 0.15) is 36.8 Å². The molecule has 2 rings (SSSR count). The maximum atomic E-state index is 5.76. The summed E-state index contributed by atoms with van der Waals surface area (Å²) in [6.07, 6.45) is 1.69. The minimum absolute atomic E-state index is 0.391. The minimum Gasteiger partial charge on any atom is -0.467 e. The summed E-state index contributed by atoms with van der Waals surface area (Å²) in [5, 5.41) is 0. The van der Waals surface area contributed by atoms with E-state index >= 15 is 0 Å². The number of anilines is 1. The predicted molar refractivity (Wildman–Crippen MR) is 77.0 cm³/mol. The van der Waals surface area contributed by atoms with Crippen LogP contribution in [-0.2, 0) is 13.1 Å². The molecule has 0 bridgehead atoms. The van der Waals surface area contributed by atoms with Crippen molar-refractivity contribution in [2.75, 3.05) is 11.9 Å². The quantitative estimate of drug-likeness (QED) is 0.897. The first-order valence-corrected chi connectivity index (χ1v) is 6.54. The monoisotopic (exact) mass is 259 g/mol. The van der Waals surface area contributed by atoms with Gasteiger partial charge in [-0.3, -0.25) is 0 Å². The topological polar surface area (TPSA) is 55.3 Å². The molecular weight excluding hydrogens is 238 g/mol. The molecular formula is C15H21N3O. The van der Waals surface area contributed by atoms with Crippen LogP contribution in [0.15, 0.2) is 34.9 Å². The highest BCUT2D eigenvalue weighted by molar-refractivity contribution is 5.42. The Kier molecular flexibility index (Phi) is 4.22. The highest BCUT2D eigenvalue weighted by Gasteiger charge is 2.10. The third kappa shape index (κ3) is 3.35. The molecule has 0 aromatic carbocycles. The van der Waals surface area contributed by atoms with Crippen molar-refractivity contribution in [2.24, 2.45) is 5.73 Å². The molecule has 4 heteroatoms. The second-order valence-corrected chi connectivity index (χ2v) is 5.05. The summed E-state index contributed by atoms with van der Waals surface area (Å²) in [6.45, 7) is 5.51. The van der Waals surface area contributed by atoms with Crippen LogP contribution in [0.25, 0.3) is 0 Å². The molecule has 0 atom stereocenters. The normalized spacial score (nSPS) is 11.0. The minimum atomic E-state index is 0.391. The van der Waals surface area contributed by atoms with E-state index in [1.807, 2.05) is 25.2 Å². The Morgan fingerprint density at radius 3 is 2.74 bits per heavy atom. The number of hydrogen-bond acceptors (Lipinski definition) is 4. The third-order valence-electron chi connectivity index (χ3n) is 3.08. The molecule has 102 valence electrons. The van der Waals surface area contributed by atoms with E-state index in [9.17, 15) is 0 Å². The second-order valence-electron chi connectivity index (χ2n) is 5.05. The molecule has 2 N–H and O–H groups in total. The highest BCUT2D eigenvalue weighted by Crippen LogP contribution is 2.20. The van der Waals surface area contributed by atoms with Crippen molar-refractivity contribution in [1.29, 1.82) is 0 Å². The molecule has 0 unspecified atom stereocenters. The zero-order valence-electron chi connectivity index (χ0n) is 11.8. The predicted octanol–water partition coefficient (Wildman–Crippen LogP) is 2.89. The van der Waals surface area contributed by atoms with Crippen molar-refractivity contribution in [3.63, 3.8) is 0 Å². The van der Waals surface area contributed by atoms with Crippen LogP contribution >= 0.6 is 0 Å². The van der Waals surface area contributed by atoms with Crippen molar-refractivity contribution in [3.05, 3.63) is 47.5 Å². The lowest BCUT2D eigenvalue weighted by molar-refractivity contribution is 0.506. The molecule has 0 aliphatic rings. The van der Waals surface area contributed by atoms with Gasteiger partial charge in [-0.2, -0.15) is 0 Å². The molecule has 0 spiro atoms. The SMILES string of the molecule is CC(C)c1cc(CN)cc(N(C)Cc2ccco2)n1. The van der Waals surface area contributed by atoms with Crippen LogP contribution in [0.4, 0.5) is 5.82 Å². The number of rotatable bonds is 5. The molecule has 0 aliphatic carbocycles. The summed E-state index contributed by atoms with van der Waals surface area (Å²) in [6, 6.07) is 7.98. The Bertz CT molecular complexity index is 520. The standard InChI is InChI=1S/C15H21N3O/c1-11(2)14-7-12(9-16)8-15(17-14)18(3)10-13-5-4-6-19-13/h4-8,11H,9-10,16H2,1-3H3. The van der Waals surface area contributed by atoms with Gasteiger partial charge in [0.15, 0.2) is 0 Å². The second kappa shape index (κ2) is 5.89. The van der Waals surface area contributed by atoms with E-state index in [0.717, 1.165) is 22.8 Å². The van der Waals surface area contributed by atoms with Gasteiger partial charge in [0.05, 0.1) is 12.8 Å². The maximum Gasteiger partial charge on any atom is 0.129 e. The Hall–Kier alpha value is -1.81. The number of furan rings is 1. The number of nitrogens with two attached hydrogens (primary N) is 1. The summed E-state index contributed by atoms with van der Waals surface area (Å²) in [5.74, 6) is 2.25. The fourth-order valence-electron chi connectivity index (χ4n) is 1.92. The van der Waals surface area contributed by atoms with Gasteiger partial charge in [0, 0.05) is 19.3 Å². The average molecular weight is 259 g/mol. The lowest BCUT2D eigenvalue weighted by atomic mass is 10.1. The average Bonchev–Trinajstić information content (AvgIpc) is 2.90. The van der Waals surface area contributed by atoms with Crippen molar-refractivity contribution in [3.8, 4) is 0 Å². The van der Waals surface area contributed by atoms with Crippen LogP contribution in [0, 0.1) is 0 Å². The molecule has 4 nitrogen and oxygen atoms in total. The molecule has 0 amide bonds. The number of pyridine rings is 1. The summed E-state index contributed by atoms with van der Waals surface area (Å²) in [7, 11) is 2.01. The largest absolute Gasteiger partial charge is 0.467 e. The Balaban J connectivity index is 2.24. The van der Waals surface area contributed by atoms with E-state index in [0.29, 0.717) is 19.0 Å². The van der Waals surface area contributed by atoms with Gasteiger partial charge in [0.25, 0.3) is 0 Å². The number of hydrogen-bond donors (Lipinski definition) is 1. The van der Waals surface area contributed by atoms with Gasteiger partial charge in [0.1, 0.15) is 11.6 Å². The number of nitrogens with zero attached hydrogens (tertiary/aromatic N) is 2. The zero-order valence-corrected chi connectivity index (χ0v) is 11.8. The van der Waals surface area contributed by atoms with Gasteiger partial charge in [0.2, 0.25) is 0 Å². The smallest absolute Gasteiger partial charge is 0.129 e. The van der Waals surface area contributed by atoms with Crippen LogP contribution in [-0.4, -0.2) is 12.0 Å². The van der Waals surface area contributed by atoms with Crippen molar-refractivity contribution < 1.29 is 4.42 Å². The summed E-state index contributed by atoms with van der Waals surface area (Å²) >= 11 is 0. The van der Waals surface area contributed by atoms with Gasteiger partial charge >= 0.3 is 0 Å². The third-order valence-corrected chi connectivity index (χ3v) is 3.08. The number of aromatic nitrogens is 1. The van der Waals surface area contributed by atoms with Gasteiger partial charge in [-0.25, -0.2) is 4.98 Å². The van der Waals surface area contributed by atoms with Crippen LogP contribution in [0.3, 0.4) is 0 Å². The van der Waals surface area contributed by atoms with E-state index in [1.54, 1.807) is 6.26 Å². The van der Waals surface area contributed by atoms with Gasteiger partial charge < -0.3 is 15.1 Å². The summed E-state index contributed by atoms with van der Waals surface area (Å²) in [4.78, 5) is 6.76. The molecule has 2 heterocycles. The molecule has 0 saturated heterocycles. The van der Waals surface area contributed by atoms with E-state index in [1.165, 1.54) is 0 Å². The van der Waals surface area contributed by atoms with E-state index in [-0.39, 0.29) is 0 Å². The van der Waals surface area contributed by atoms with Crippen molar-refractivity contribution in [1.82, 2.24) is 4.98 Å². The lowest BCUT2D eigenvalue weighted by Gasteiger charge is -2.19. The maximum absolute atomic E-state index is 5.76. The fourth-order valence-corrected chi connectivity index (χ4v) is 1.92. The Labute approximate surface area is 114 Å². The molecule has 0 aliphatic heterocycles. The highest BCUT2D eigenvalue weighted by atomic mass is 16.3. The first-order chi connectivity index (χ1) is 9.10. The summed E-state index contributed by atoms with van der Waals surface area (Å²) < 4.78 is 5.37. The van der Waals surface area contributed by atoms with Gasteiger partial charge in [-0.05, 0) is 35.7 Å². The van der Waals surface area contributed by atoms with Crippen LogP contribution in [0.2, 0.25) is 0 Å². The first kappa shape index (κ1) is 13.6. The molecule has 0 radical (unpaired) electrons. The molecule has 2 aromatic heterocycles. The van der Waals surface area contributed by atoms with Gasteiger partial charge in [-0.15, -0.1) is 0 Å². The van der Waals surface area contributed by atoms with E-state index in [2.05, 4.69) is 24.8 Å². The van der Waals surface area contributed by atoms with E-state index < -0.39 is 0 Å². The van der Waals surface area contributed by atoms with Gasteiger partial charge in [-0.1, -0.05) is 13.8 Å². The van der Waals surface area contributed by atoms with Crippen LogP contribution in [0.5, 0.6) is 0 Å². The fraction of sp³-hybridized carbons (Fsp3) is 0.400. The lowest BCUT2D eigenvalue weighted by Crippen LogP contribution is -2.18. The van der Waals surface area contributed by atoms with Crippen molar-refractivity contribution >= 4 is 5.82 Å². The zero-order chi connectivity index (χ0) is 13.8. The Morgan fingerprint density at radius 2 is 2.16 bits per heavy atom.